The van der Waals surface area contributed by atoms with Crippen molar-refractivity contribution in [1.82, 2.24) is 50.2 Å². The zero-order valence-electron chi connectivity index (χ0n) is 52.3. The minimum atomic E-state index is -1.55. The molecule has 0 bridgehead atoms. The highest BCUT2D eigenvalue weighted by Crippen LogP contribution is 2.23. The Labute approximate surface area is 482 Å². The van der Waals surface area contributed by atoms with Gasteiger partial charge >= 0.3 is 0 Å². The molecule has 1 fully saturated rings. The van der Waals surface area contributed by atoms with E-state index in [0.29, 0.717) is 12.8 Å². The van der Waals surface area contributed by atoms with Gasteiger partial charge in [-0.3, -0.25) is 47.9 Å². The quantitative estimate of drug-likeness (QED) is 0.250. The fourth-order valence-corrected chi connectivity index (χ4v) is 9.65. The highest BCUT2D eigenvalue weighted by Gasteiger charge is 2.41. The molecule has 10 amide bonds. The lowest BCUT2D eigenvalue weighted by Gasteiger charge is -2.37. The lowest BCUT2D eigenvalue weighted by Crippen LogP contribution is -2.60. The van der Waals surface area contributed by atoms with Crippen molar-refractivity contribution in [2.45, 2.75) is 201 Å². The van der Waals surface area contributed by atoms with Gasteiger partial charge in [-0.1, -0.05) is 78.3 Å². The molecule has 11 atom stereocenters. The molecule has 81 heavy (non-hydrogen) atoms. The number of likely N-dealkylation sites (N-methyl/N-ethyl adjacent to an activating group) is 7. The molecule has 0 radical (unpaired) electrons. The number of amides is 10. The van der Waals surface area contributed by atoms with Crippen LogP contribution < -0.4 is 16.0 Å². The maximum Gasteiger partial charge on any atom is 0.248 e. The molecule has 1 aliphatic heterocycles. The fourth-order valence-electron chi connectivity index (χ4n) is 9.65. The maximum absolute atomic E-state index is 14.5. The van der Waals surface area contributed by atoms with Crippen LogP contribution >= 0.6 is 0 Å². The molecule has 1 heterocycles. The van der Waals surface area contributed by atoms with Gasteiger partial charge in [0.1, 0.15) is 42.3 Å². The largest absolute Gasteiger partial charge is 0.391 e. The Hall–Kier alpha value is -6.16. The number of nitrogens with one attached hydrogen (secondary N) is 3. The van der Waals surface area contributed by atoms with E-state index in [1.165, 1.54) is 99.5 Å². The predicted octanol–water partition coefficient (Wildman–Crippen LogP) is 2.68. The summed E-state index contributed by atoms with van der Waals surface area (Å²) in [4.78, 5) is 152. The number of aliphatic hydroxyl groups excluding tert-OH is 1. The van der Waals surface area contributed by atoms with E-state index in [4.69, 9.17) is 4.74 Å². The van der Waals surface area contributed by atoms with Crippen LogP contribution in [-0.2, 0) is 59.1 Å². The number of aliphatic hydroxyl groups is 1. The molecule has 22 heteroatoms. The number of hydrogen-bond donors (Lipinski definition) is 4. The van der Waals surface area contributed by atoms with E-state index < -0.39 is 131 Å². The normalized spacial score (nSPS) is 26.6. The smallest absolute Gasteiger partial charge is 0.248 e. The molecule has 0 unspecified atom stereocenters. The van der Waals surface area contributed by atoms with E-state index in [0.717, 1.165) is 10.5 Å². The van der Waals surface area contributed by atoms with E-state index in [1.807, 2.05) is 52.8 Å². The Balaban J connectivity index is 2.80. The highest BCUT2D eigenvalue weighted by atomic mass is 16.5. The van der Waals surface area contributed by atoms with E-state index in [-0.39, 0.29) is 57.1 Å². The van der Waals surface area contributed by atoms with Crippen molar-refractivity contribution in [3.63, 3.8) is 0 Å². The topological polar surface area (TPSA) is 259 Å². The van der Waals surface area contributed by atoms with Gasteiger partial charge in [-0.05, 0) is 84.6 Å². The van der Waals surface area contributed by atoms with Crippen LogP contribution in [0.15, 0.2) is 30.3 Å². The summed E-state index contributed by atoms with van der Waals surface area (Å²) in [7, 11) is 10.3. The van der Waals surface area contributed by atoms with Crippen LogP contribution in [0.2, 0.25) is 0 Å². The molecular weight excluding hydrogens is 1040 g/mol. The number of benzene rings is 1. The first-order valence-electron chi connectivity index (χ1n) is 28.6. The number of ether oxygens (including phenoxy) is 1. The number of rotatable bonds is 11. The number of nitrogens with zero attached hydrogens (tertiary/aromatic N) is 7. The molecule has 2 rings (SSSR count). The zero-order valence-corrected chi connectivity index (χ0v) is 52.3. The lowest BCUT2D eigenvalue weighted by atomic mass is 9.94. The van der Waals surface area contributed by atoms with Crippen molar-refractivity contribution in [1.29, 1.82) is 0 Å². The summed E-state index contributed by atoms with van der Waals surface area (Å²) in [6, 6.07) is -0.872. The molecule has 1 aromatic rings. The summed E-state index contributed by atoms with van der Waals surface area (Å²) < 4.78 is 6.03. The summed E-state index contributed by atoms with van der Waals surface area (Å²) in [6.45, 7) is 22.2. The molecule has 1 saturated heterocycles. The van der Waals surface area contributed by atoms with Crippen LogP contribution in [0.3, 0.4) is 0 Å². The van der Waals surface area contributed by atoms with Crippen molar-refractivity contribution < 1.29 is 57.8 Å². The van der Waals surface area contributed by atoms with Crippen LogP contribution in [0.4, 0.5) is 0 Å². The van der Waals surface area contributed by atoms with E-state index in [2.05, 4.69) is 16.0 Å². The Kier molecular flexibility index (Phi) is 27.9. The van der Waals surface area contributed by atoms with Crippen molar-refractivity contribution in [2.75, 3.05) is 62.5 Å². The average Bonchev–Trinajstić information content (AvgIpc) is 3.40. The predicted molar refractivity (Wildman–Crippen MR) is 310 cm³/mol. The van der Waals surface area contributed by atoms with Gasteiger partial charge in [-0.15, -0.1) is 0 Å². The Bertz CT molecular complexity index is 2310. The van der Waals surface area contributed by atoms with Gasteiger partial charge in [0.15, 0.2) is 0 Å². The monoisotopic (exact) mass is 1140 g/mol. The summed E-state index contributed by atoms with van der Waals surface area (Å²) in [5.41, 5.74) is 0.000631. The van der Waals surface area contributed by atoms with E-state index in [1.54, 1.807) is 46.8 Å². The molecule has 1 aromatic carbocycles. The highest BCUT2D eigenvalue weighted by molar-refractivity contribution is 5.96. The second-order valence-corrected chi connectivity index (χ2v) is 24.2. The summed E-state index contributed by atoms with van der Waals surface area (Å²) >= 11 is 0. The molecular formula is C59H100N10O12. The minimum Gasteiger partial charge on any atom is -0.391 e. The average molecular weight is 1140 g/mol. The third-order valence-corrected chi connectivity index (χ3v) is 15.4. The SMILES string of the molecule is CC[C@H](C)[C@H]1C(=O)N[C@@H](COC(C)(C)C)C(=O)N[C@@H](C)CC(=O)N(C)[C@@H](C)C(=O)N(C)[C@@H](Cc2ccccc2)C(=O)N(C)CCC(=O)N(C)[C@@H](CC(C)C)C(=O)N[C@@H]([C@@H](C)O)C(=O)N(C)[C@@H](C)C(=O)N(C)[C@@H](CC(C)C)CC(=O)N1C. The molecule has 1 aliphatic rings. The second kappa shape index (κ2) is 31.9. The first kappa shape index (κ1) is 70.9. The summed E-state index contributed by atoms with van der Waals surface area (Å²) in [5, 5.41) is 19.3. The first-order valence-corrected chi connectivity index (χ1v) is 28.6. The first-order chi connectivity index (χ1) is 37.5. The van der Waals surface area contributed by atoms with Crippen molar-refractivity contribution in [3.8, 4) is 0 Å². The van der Waals surface area contributed by atoms with Gasteiger partial charge in [-0.2, -0.15) is 0 Å². The Morgan fingerprint density at radius 2 is 1.14 bits per heavy atom. The van der Waals surface area contributed by atoms with E-state index >= 15 is 0 Å². The third-order valence-electron chi connectivity index (χ3n) is 15.4. The van der Waals surface area contributed by atoms with Crippen molar-refractivity contribution >= 4 is 59.1 Å². The van der Waals surface area contributed by atoms with Crippen LogP contribution in [0.1, 0.15) is 134 Å². The van der Waals surface area contributed by atoms with Gasteiger partial charge in [0, 0.05) is 93.6 Å². The molecule has 0 spiro atoms. The van der Waals surface area contributed by atoms with Crippen molar-refractivity contribution in [3.05, 3.63) is 35.9 Å². The zero-order chi connectivity index (χ0) is 62.1. The van der Waals surface area contributed by atoms with Gasteiger partial charge in [0.25, 0.3) is 0 Å². The Morgan fingerprint density at radius 1 is 0.593 bits per heavy atom. The Morgan fingerprint density at radius 3 is 1.67 bits per heavy atom. The van der Waals surface area contributed by atoms with Crippen LogP contribution in [0, 0.1) is 17.8 Å². The second-order valence-electron chi connectivity index (χ2n) is 24.2. The number of hydrogen-bond acceptors (Lipinski definition) is 12. The molecule has 0 aliphatic carbocycles. The molecule has 0 saturated carbocycles. The molecule has 0 aromatic heterocycles. The van der Waals surface area contributed by atoms with Crippen LogP contribution in [0.5, 0.6) is 0 Å². The third kappa shape index (κ3) is 21.0. The number of carbonyl (C=O) groups is 10. The molecule has 4 N–H and O–H groups in total. The number of carbonyl (C=O) groups excluding carboxylic acids is 10. The summed E-state index contributed by atoms with van der Waals surface area (Å²) in [5.74, 6) is -6.46. The molecule has 22 nitrogen and oxygen atoms in total. The summed E-state index contributed by atoms with van der Waals surface area (Å²) in [6.07, 6.45) is -1.08. The minimum absolute atomic E-state index is 0.0138. The van der Waals surface area contributed by atoms with Gasteiger partial charge in [0.05, 0.1) is 18.3 Å². The van der Waals surface area contributed by atoms with E-state index in [9.17, 15) is 53.1 Å². The van der Waals surface area contributed by atoms with Crippen LogP contribution in [-0.4, -0.2) is 227 Å². The van der Waals surface area contributed by atoms with Crippen molar-refractivity contribution in [2.24, 2.45) is 17.8 Å². The van der Waals surface area contributed by atoms with Crippen LogP contribution in [0.25, 0.3) is 0 Å². The fraction of sp³-hybridized carbons (Fsp3) is 0.729. The molecule has 458 valence electrons. The lowest BCUT2D eigenvalue weighted by molar-refractivity contribution is -0.150. The maximum atomic E-state index is 14.5. The van der Waals surface area contributed by atoms with Gasteiger partial charge in [0.2, 0.25) is 59.1 Å². The van der Waals surface area contributed by atoms with Gasteiger partial charge < -0.3 is 60.1 Å². The standard InChI is InChI=1S/C59H100N10O12/c1-21-37(6)51-54(76)61-44(34-81-59(11,12)13)52(74)60-38(7)31-48(72)64(15)39(8)56(78)68(19)46(32-42-25-23-22-24-26-42)57(79)63(14)28-27-47(71)67(18)45(30-36(4)5)53(75)62-50(41(10)70)58(80)65(16)40(9)55(77)66(17)43(29-35(2)3)33-49(73)69(51)20/h22-26,35-41,43-46,50-51,70H,21,27-34H2,1-20H3,(H,60,74)(H,61,76)(H,62,75)/t37-,38-,39-,40-,41+,43-,44-,45-,46-,50-,51-/m0/s1. The van der Waals surface area contributed by atoms with Gasteiger partial charge in [-0.25, -0.2) is 0 Å².